The average molecular weight is 329 g/mol. The zero-order valence-electron chi connectivity index (χ0n) is 11.6. The Balaban J connectivity index is 2.08. The Labute approximate surface area is 125 Å². The number of nitrogens with zero attached hydrogens (tertiary/aromatic N) is 2. The van der Waals surface area contributed by atoms with Crippen LogP contribution in [0.25, 0.3) is 0 Å². The molecule has 0 radical (unpaired) electrons. The fraction of sp³-hybridized carbons (Fsp3) is 0.231. The Kier molecular flexibility index (Phi) is 4.67. The van der Waals surface area contributed by atoms with Gasteiger partial charge in [-0.25, -0.2) is 26.6 Å². The topological polar surface area (TPSA) is 81.1 Å². The number of hydrogen-bond donors (Lipinski definition) is 1. The van der Waals surface area contributed by atoms with Gasteiger partial charge in [-0.3, -0.25) is 4.79 Å². The second kappa shape index (κ2) is 6.32. The number of nitrogens with one attached hydrogen (secondary N) is 1. The number of sulfonamides is 1. The van der Waals surface area contributed by atoms with Gasteiger partial charge in [0.15, 0.2) is 11.6 Å². The lowest BCUT2D eigenvalue weighted by Gasteiger charge is -2.08. The number of rotatable bonds is 5. The van der Waals surface area contributed by atoms with Crippen LogP contribution < -0.4 is 10.3 Å². The summed E-state index contributed by atoms with van der Waals surface area (Å²) in [7, 11) is -3.99. The second-order valence-electron chi connectivity index (χ2n) is 4.51. The van der Waals surface area contributed by atoms with E-state index in [0.717, 1.165) is 16.8 Å². The molecular weight excluding hydrogens is 316 g/mol. The van der Waals surface area contributed by atoms with Crippen LogP contribution in [0.4, 0.5) is 8.78 Å². The Morgan fingerprint density at radius 1 is 1.18 bits per heavy atom. The zero-order chi connectivity index (χ0) is 16.3. The summed E-state index contributed by atoms with van der Waals surface area (Å²) in [6.45, 7) is 1.60. The second-order valence-corrected chi connectivity index (χ2v) is 6.28. The summed E-state index contributed by atoms with van der Waals surface area (Å²) in [6.07, 6.45) is 0. The number of hydrogen-bond acceptors (Lipinski definition) is 4. The third-order valence-corrected chi connectivity index (χ3v) is 4.28. The highest BCUT2D eigenvalue weighted by atomic mass is 32.2. The first-order valence-corrected chi connectivity index (χ1v) is 7.77. The van der Waals surface area contributed by atoms with E-state index >= 15 is 0 Å². The molecule has 0 unspecified atom stereocenters. The average Bonchev–Trinajstić information content (AvgIpc) is 2.45. The van der Waals surface area contributed by atoms with Crippen molar-refractivity contribution in [3.63, 3.8) is 0 Å². The fourth-order valence-electron chi connectivity index (χ4n) is 1.72. The van der Waals surface area contributed by atoms with Gasteiger partial charge in [-0.1, -0.05) is 0 Å². The van der Waals surface area contributed by atoms with E-state index in [4.69, 9.17) is 0 Å². The molecule has 0 spiro atoms. The molecule has 0 bridgehead atoms. The molecule has 9 heteroatoms. The molecule has 118 valence electrons. The lowest BCUT2D eigenvalue weighted by Crippen LogP contribution is -2.32. The molecule has 0 amide bonds. The molecule has 1 heterocycles. The molecule has 22 heavy (non-hydrogen) atoms. The summed E-state index contributed by atoms with van der Waals surface area (Å²) < 4.78 is 53.1. The first-order chi connectivity index (χ1) is 10.3. The lowest BCUT2D eigenvalue weighted by atomic mass is 10.3. The maximum Gasteiger partial charge on any atom is 0.266 e. The smallest absolute Gasteiger partial charge is 0.266 e. The SMILES string of the molecule is Cc1ccc(=O)n(CCNS(=O)(=O)c2ccc(F)c(F)c2)n1. The summed E-state index contributed by atoms with van der Waals surface area (Å²) in [5.74, 6) is -2.38. The van der Waals surface area contributed by atoms with Gasteiger partial charge in [-0.15, -0.1) is 0 Å². The van der Waals surface area contributed by atoms with E-state index in [1.807, 2.05) is 0 Å². The molecule has 0 aliphatic carbocycles. The predicted octanol–water partition coefficient (Wildman–Crippen LogP) is 0.808. The highest BCUT2D eigenvalue weighted by Gasteiger charge is 2.16. The van der Waals surface area contributed by atoms with Gasteiger partial charge in [-0.05, 0) is 31.2 Å². The Morgan fingerprint density at radius 2 is 1.91 bits per heavy atom. The van der Waals surface area contributed by atoms with E-state index in [1.165, 1.54) is 6.07 Å². The predicted molar refractivity (Wildman–Crippen MR) is 74.8 cm³/mol. The molecule has 0 fully saturated rings. The van der Waals surface area contributed by atoms with E-state index in [0.29, 0.717) is 11.8 Å². The maximum absolute atomic E-state index is 13.1. The number of aromatic nitrogens is 2. The van der Waals surface area contributed by atoms with Crippen LogP contribution in [-0.2, 0) is 16.6 Å². The van der Waals surface area contributed by atoms with Crippen LogP contribution >= 0.6 is 0 Å². The van der Waals surface area contributed by atoms with Crippen LogP contribution in [0.5, 0.6) is 0 Å². The molecule has 1 N–H and O–H groups in total. The van der Waals surface area contributed by atoms with Gasteiger partial charge in [0.05, 0.1) is 17.1 Å². The molecule has 0 saturated heterocycles. The quantitative estimate of drug-likeness (QED) is 0.880. The van der Waals surface area contributed by atoms with Crippen molar-refractivity contribution >= 4 is 10.0 Å². The Bertz CT molecular complexity index is 850. The Hall–Kier alpha value is -2.13. The van der Waals surface area contributed by atoms with E-state index in [2.05, 4.69) is 9.82 Å². The molecule has 0 aliphatic heterocycles. The van der Waals surface area contributed by atoms with Gasteiger partial charge in [0.25, 0.3) is 5.56 Å². The number of benzene rings is 1. The molecule has 1 aromatic heterocycles. The van der Waals surface area contributed by atoms with E-state index < -0.39 is 26.6 Å². The van der Waals surface area contributed by atoms with Crippen LogP contribution in [0.3, 0.4) is 0 Å². The largest absolute Gasteiger partial charge is 0.268 e. The fourth-order valence-corrected chi connectivity index (χ4v) is 2.76. The standard InChI is InChI=1S/C13H13F2N3O3S/c1-9-2-5-13(19)18(17-9)7-6-16-22(20,21)10-3-4-11(14)12(15)8-10/h2-5,8,16H,6-7H2,1H3. The summed E-state index contributed by atoms with van der Waals surface area (Å²) in [6, 6.07) is 5.15. The van der Waals surface area contributed by atoms with Crippen molar-refractivity contribution in [2.75, 3.05) is 6.54 Å². The van der Waals surface area contributed by atoms with Gasteiger partial charge in [0.1, 0.15) is 0 Å². The third kappa shape index (κ3) is 3.74. The van der Waals surface area contributed by atoms with Crippen LogP contribution in [-0.4, -0.2) is 24.7 Å². The molecule has 6 nitrogen and oxygen atoms in total. The van der Waals surface area contributed by atoms with Crippen LogP contribution in [0.15, 0.2) is 40.0 Å². The van der Waals surface area contributed by atoms with E-state index in [1.54, 1.807) is 13.0 Å². The van der Waals surface area contributed by atoms with Crippen molar-refractivity contribution in [3.8, 4) is 0 Å². The summed E-state index contributed by atoms with van der Waals surface area (Å²) in [5, 5.41) is 3.95. The van der Waals surface area contributed by atoms with Crippen molar-refractivity contribution in [2.24, 2.45) is 0 Å². The summed E-state index contributed by atoms with van der Waals surface area (Å²) in [5.41, 5.74) is 0.251. The van der Waals surface area contributed by atoms with Crippen molar-refractivity contribution in [1.82, 2.24) is 14.5 Å². The highest BCUT2D eigenvalue weighted by Crippen LogP contribution is 2.13. The minimum Gasteiger partial charge on any atom is -0.268 e. The highest BCUT2D eigenvalue weighted by molar-refractivity contribution is 7.89. The maximum atomic E-state index is 13.1. The molecule has 0 aliphatic rings. The number of aryl methyl sites for hydroxylation is 1. The third-order valence-electron chi connectivity index (χ3n) is 2.82. The Morgan fingerprint density at radius 3 is 2.59 bits per heavy atom. The number of halogens is 2. The van der Waals surface area contributed by atoms with Gasteiger partial charge < -0.3 is 0 Å². The van der Waals surface area contributed by atoms with Crippen LogP contribution in [0.2, 0.25) is 0 Å². The van der Waals surface area contributed by atoms with Crippen LogP contribution in [0, 0.1) is 18.6 Å². The van der Waals surface area contributed by atoms with Gasteiger partial charge in [-0.2, -0.15) is 5.10 Å². The monoisotopic (exact) mass is 329 g/mol. The van der Waals surface area contributed by atoms with E-state index in [9.17, 15) is 22.0 Å². The van der Waals surface area contributed by atoms with Gasteiger partial charge in [0, 0.05) is 12.6 Å². The van der Waals surface area contributed by atoms with Crippen molar-refractivity contribution in [3.05, 3.63) is 58.0 Å². The zero-order valence-corrected chi connectivity index (χ0v) is 12.4. The minimum atomic E-state index is -3.99. The van der Waals surface area contributed by atoms with Crippen molar-refractivity contribution in [1.29, 1.82) is 0 Å². The van der Waals surface area contributed by atoms with E-state index in [-0.39, 0.29) is 18.6 Å². The lowest BCUT2D eigenvalue weighted by molar-refractivity contribution is 0.503. The summed E-state index contributed by atoms with van der Waals surface area (Å²) >= 11 is 0. The summed E-state index contributed by atoms with van der Waals surface area (Å²) in [4.78, 5) is 11.1. The molecule has 2 rings (SSSR count). The van der Waals surface area contributed by atoms with Crippen molar-refractivity contribution in [2.45, 2.75) is 18.4 Å². The van der Waals surface area contributed by atoms with Crippen LogP contribution in [0.1, 0.15) is 5.69 Å². The van der Waals surface area contributed by atoms with Crippen molar-refractivity contribution < 1.29 is 17.2 Å². The molecule has 2 aromatic rings. The first kappa shape index (κ1) is 16.2. The molecular formula is C13H13F2N3O3S. The normalized spacial score (nSPS) is 11.6. The molecule has 0 atom stereocenters. The van der Waals surface area contributed by atoms with Gasteiger partial charge in [0.2, 0.25) is 10.0 Å². The first-order valence-electron chi connectivity index (χ1n) is 6.29. The molecule has 1 aromatic carbocycles. The van der Waals surface area contributed by atoms with Gasteiger partial charge >= 0.3 is 0 Å². The molecule has 0 saturated carbocycles. The minimum absolute atomic E-state index is 0.0173.